The van der Waals surface area contributed by atoms with Crippen LogP contribution in [0.4, 0.5) is 0 Å². The molecule has 1 aromatic carbocycles. The number of methoxy groups -OCH3 is 1. The number of halogens is 1. The first-order chi connectivity index (χ1) is 14.5. The van der Waals surface area contributed by atoms with Gasteiger partial charge in [0.25, 0.3) is 5.91 Å². The van der Waals surface area contributed by atoms with Crippen LogP contribution in [0.3, 0.4) is 0 Å². The molecule has 0 aliphatic heterocycles. The molecule has 30 heavy (non-hydrogen) atoms. The van der Waals surface area contributed by atoms with Gasteiger partial charge in [0.1, 0.15) is 10.8 Å². The Balaban J connectivity index is 1.76. The number of para-hydroxylation sites is 1. The molecular weight excluding hydrogens is 404 g/mol. The van der Waals surface area contributed by atoms with E-state index < -0.39 is 5.97 Å². The molecule has 4 rings (SSSR count). The van der Waals surface area contributed by atoms with E-state index in [1.165, 1.54) is 20.0 Å². The minimum absolute atomic E-state index is 0.222. The van der Waals surface area contributed by atoms with E-state index in [0.717, 1.165) is 18.8 Å². The monoisotopic (exact) mass is 426 g/mol. The molecule has 1 saturated carbocycles. The van der Waals surface area contributed by atoms with Crippen LogP contribution in [0.5, 0.6) is 0 Å². The van der Waals surface area contributed by atoms with Crippen LogP contribution in [0.1, 0.15) is 46.5 Å². The Morgan fingerprint density at radius 2 is 2.10 bits per heavy atom. The van der Waals surface area contributed by atoms with Crippen molar-refractivity contribution >= 4 is 34.4 Å². The fourth-order valence-corrected chi connectivity index (χ4v) is 3.75. The van der Waals surface area contributed by atoms with Gasteiger partial charge in [-0.15, -0.1) is 0 Å². The lowest BCUT2D eigenvalue weighted by molar-refractivity contribution is 0.0602. The van der Waals surface area contributed by atoms with Crippen LogP contribution in [0, 0.1) is 5.92 Å². The standard InChI is InChI=1S/C22H23ClN4O3/c1-27-20(23)17(12-25-27)16-11-18(21(28)24-10-4-5-13-8-9-13)26-19-14(16)6-3-7-15(19)22(29)30-2/h3,6-7,11-13H,4-5,8-10H2,1-2H3,(H,24,28). The predicted molar refractivity (Wildman–Crippen MR) is 115 cm³/mol. The van der Waals surface area contributed by atoms with Gasteiger partial charge in [0.2, 0.25) is 0 Å². The summed E-state index contributed by atoms with van der Waals surface area (Å²) in [4.78, 5) is 29.6. The van der Waals surface area contributed by atoms with E-state index in [2.05, 4.69) is 15.4 Å². The first kappa shape index (κ1) is 20.3. The van der Waals surface area contributed by atoms with Crippen LogP contribution in [-0.2, 0) is 11.8 Å². The fourth-order valence-electron chi connectivity index (χ4n) is 3.56. The van der Waals surface area contributed by atoms with Crippen LogP contribution >= 0.6 is 11.6 Å². The summed E-state index contributed by atoms with van der Waals surface area (Å²) in [5.41, 5.74) is 2.26. The van der Waals surface area contributed by atoms with Gasteiger partial charge in [0.15, 0.2) is 0 Å². The molecule has 7 nitrogen and oxygen atoms in total. The lowest BCUT2D eigenvalue weighted by Gasteiger charge is -2.12. The Morgan fingerprint density at radius 1 is 1.30 bits per heavy atom. The lowest BCUT2D eigenvalue weighted by Crippen LogP contribution is -2.25. The van der Waals surface area contributed by atoms with Gasteiger partial charge in [-0.25, -0.2) is 9.78 Å². The Bertz CT molecular complexity index is 1120. The Hall–Kier alpha value is -2.93. The van der Waals surface area contributed by atoms with Crippen molar-refractivity contribution in [1.82, 2.24) is 20.1 Å². The maximum absolute atomic E-state index is 12.8. The number of nitrogens with one attached hydrogen (secondary N) is 1. The molecule has 1 aliphatic rings. The fraction of sp³-hybridized carbons (Fsp3) is 0.364. The van der Waals surface area contributed by atoms with Gasteiger partial charge in [-0.3, -0.25) is 9.48 Å². The van der Waals surface area contributed by atoms with Crippen LogP contribution in [0.2, 0.25) is 5.15 Å². The van der Waals surface area contributed by atoms with E-state index in [1.807, 2.05) is 6.07 Å². The third kappa shape index (κ3) is 4.03. The molecule has 1 amide bonds. The van der Waals surface area contributed by atoms with E-state index in [4.69, 9.17) is 16.3 Å². The predicted octanol–water partition coefficient (Wildman–Crippen LogP) is 4.00. The minimum atomic E-state index is -0.515. The maximum atomic E-state index is 12.8. The number of nitrogens with zero attached hydrogens (tertiary/aromatic N) is 3. The van der Waals surface area contributed by atoms with Crippen molar-refractivity contribution in [2.45, 2.75) is 25.7 Å². The van der Waals surface area contributed by atoms with E-state index >= 15 is 0 Å². The topological polar surface area (TPSA) is 86.1 Å². The van der Waals surface area contributed by atoms with Crippen LogP contribution in [0.25, 0.3) is 22.0 Å². The maximum Gasteiger partial charge on any atom is 0.340 e. The average Bonchev–Trinajstić information content (AvgIpc) is 3.53. The number of hydrogen-bond donors (Lipinski definition) is 1. The van der Waals surface area contributed by atoms with E-state index in [1.54, 1.807) is 36.1 Å². The smallest absolute Gasteiger partial charge is 0.340 e. The molecule has 0 atom stereocenters. The number of amides is 1. The highest BCUT2D eigenvalue weighted by molar-refractivity contribution is 6.32. The Kier molecular flexibility index (Phi) is 5.72. The number of hydrogen-bond acceptors (Lipinski definition) is 5. The number of ether oxygens (including phenoxy) is 1. The summed E-state index contributed by atoms with van der Waals surface area (Å²) in [5.74, 6) is 0.0228. The van der Waals surface area contributed by atoms with Gasteiger partial charge in [0.05, 0.1) is 24.4 Å². The van der Waals surface area contributed by atoms with Gasteiger partial charge in [0, 0.05) is 24.5 Å². The lowest BCUT2D eigenvalue weighted by atomic mass is 10.00. The highest BCUT2D eigenvalue weighted by atomic mass is 35.5. The van der Waals surface area contributed by atoms with Gasteiger partial charge < -0.3 is 10.1 Å². The number of carbonyl (C=O) groups is 2. The Labute approximate surface area is 179 Å². The molecule has 0 radical (unpaired) electrons. The number of fused-ring (bicyclic) bond motifs is 1. The van der Waals surface area contributed by atoms with Gasteiger partial charge >= 0.3 is 5.97 Å². The molecule has 0 spiro atoms. The first-order valence-corrected chi connectivity index (χ1v) is 10.4. The molecule has 0 saturated heterocycles. The molecule has 3 aromatic rings. The third-order valence-corrected chi connectivity index (χ3v) is 5.85. The summed E-state index contributed by atoms with van der Waals surface area (Å²) in [6.07, 6.45) is 6.31. The second-order valence-electron chi connectivity index (χ2n) is 7.56. The zero-order valence-corrected chi connectivity index (χ0v) is 17.7. The van der Waals surface area contributed by atoms with E-state index in [0.29, 0.717) is 39.3 Å². The van der Waals surface area contributed by atoms with E-state index in [-0.39, 0.29) is 11.6 Å². The molecule has 1 aliphatic carbocycles. The SMILES string of the molecule is COC(=O)c1cccc2c(-c3cnn(C)c3Cl)cc(C(=O)NCCCC3CC3)nc12. The van der Waals surface area contributed by atoms with Crippen molar-refractivity contribution in [2.24, 2.45) is 13.0 Å². The minimum Gasteiger partial charge on any atom is -0.465 e. The number of benzene rings is 1. The molecule has 8 heteroatoms. The summed E-state index contributed by atoms with van der Waals surface area (Å²) >= 11 is 6.43. The second kappa shape index (κ2) is 8.44. The number of esters is 1. The highest BCUT2D eigenvalue weighted by Crippen LogP contribution is 2.35. The zero-order valence-electron chi connectivity index (χ0n) is 16.9. The van der Waals surface area contributed by atoms with Crippen molar-refractivity contribution < 1.29 is 14.3 Å². The van der Waals surface area contributed by atoms with Crippen molar-refractivity contribution in [3.8, 4) is 11.1 Å². The van der Waals surface area contributed by atoms with Gasteiger partial charge in [-0.05, 0) is 36.5 Å². The highest BCUT2D eigenvalue weighted by Gasteiger charge is 2.22. The zero-order chi connectivity index (χ0) is 21.3. The summed E-state index contributed by atoms with van der Waals surface area (Å²) in [6.45, 7) is 0.594. The van der Waals surface area contributed by atoms with Crippen molar-refractivity contribution in [1.29, 1.82) is 0 Å². The molecule has 156 valence electrons. The molecule has 1 fully saturated rings. The van der Waals surface area contributed by atoms with Crippen LogP contribution in [-0.4, -0.2) is 40.3 Å². The van der Waals surface area contributed by atoms with Crippen LogP contribution in [0.15, 0.2) is 30.5 Å². The van der Waals surface area contributed by atoms with Crippen LogP contribution < -0.4 is 5.32 Å². The van der Waals surface area contributed by atoms with Crippen molar-refractivity contribution in [3.05, 3.63) is 46.9 Å². The number of rotatable bonds is 7. The molecule has 0 unspecified atom stereocenters. The summed E-state index contributed by atoms with van der Waals surface area (Å²) in [7, 11) is 3.05. The van der Waals surface area contributed by atoms with Crippen molar-refractivity contribution in [2.75, 3.05) is 13.7 Å². The largest absolute Gasteiger partial charge is 0.465 e. The molecular formula is C22H23ClN4O3. The molecule has 1 N–H and O–H groups in total. The summed E-state index contributed by atoms with van der Waals surface area (Å²) < 4.78 is 6.45. The number of aromatic nitrogens is 3. The van der Waals surface area contributed by atoms with E-state index in [9.17, 15) is 9.59 Å². The number of aryl methyl sites for hydroxylation is 1. The molecule has 0 bridgehead atoms. The second-order valence-corrected chi connectivity index (χ2v) is 7.92. The first-order valence-electron chi connectivity index (χ1n) is 9.97. The third-order valence-electron chi connectivity index (χ3n) is 5.41. The number of pyridine rings is 1. The van der Waals surface area contributed by atoms with Crippen molar-refractivity contribution in [3.63, 3.8) is 0 Å². The average molecular weight is 427 g/mol. The summed E-state index contributed by atoms with van der Waals surface area (Å²) in [6, 6.07) is 6.92. The Morgan fingerprint density at radius 3 is 2.77 bits per heavy atom. The normalized spacial score (nSPS) is 13.4. The molecule has 2 heterocycles. The molecule has 2 aromatic heterocycles. The summed E-state index contributed by atoms with van der Waals surface area (Å²) in [5, 5.41) is 8.26. The quantitative estimate of drug-likeness (QED) is 0.456. The number of carbonyl (C=O) groups excluding carboxylic acids is 2. The van der Waals surface area contributed by atoms with Gasteiger partial charge in [-0.1, -0.05) is 36.6 Å². The van der Waals surface area contributed by atoms with Gasteiger partial charge in [-0.2, -0.15) is 5.10 Å².